The first kappa shape index (κ1) is 43.7. The maximum atomic E-state index is 15.6. The van der Waals surface area contributed by atoms with E-state index in [2.05, 4.69) is 39.8 Å². The second kappa shape index (κ2) is 14.6. The molecule has 5 heterocycles. The van der Waals surface area contributed by atoms with Gasteiger partial charge in [0.2, 0.25) is 5.91 Å². The minimum atomic E-state index is -1.48. The highest BCUT2D eigenvalue weighted by Crippen LogP contribution is 2.83. The Morgan fingerprint density at radius 1 is 0.952 bits per heavy atom. The highest BCUT2D eigenvalue weighted by molar-refractivity contribution is 8.76. The number of aliphatic hydroxyl groups is 5. The van der Waals surface area contributed by atoms with Crippen molar-refractivity contribution >= 4 is 39.0 Å². The van der Waals surface area contributed by atoms with Crippen molar-refractivity contribution in [1.82, 2.24) is 0 Å². The molecule has 7 aliphatic carbocycles. The lowest BCUT2D eigenvalue weighted by Gasteiger charge is -2.70. The number of epoxide rings is 1. The number of amides is 1. The number of aromatic hydroxyl groups is 1. The number of ether oxygens (including phenoxy) is 1. The molecule has 17 atom stereocenters. The van der Waals surface area contributed by atoms with Crippen LogP contribution in [0.1, 0.15) is 110 Å². The first-order valence-corrected chi connectivity index (χ1v) is 26.9. The van der Waals surface area contributed by atoms with Crippen molar-refractivity contribution in [2.75, 3.05) is 29.6 Å². The number of rotatable bonds is 4. The predicted molar refractivity (Wildman–Crippen MR) is 244 cm³/mol. The van der Waals surface area contributed by atoms with Crippen LogP contribution < -0.4 is 4.90 Å². The van der Waals surface area contributed by atoms with E-state index in [1.165, 1.54) is 0 Å². The van der Waals surface area contributed by atoms with Crippen LogP contribution in [0.15, 0.2) is 42.0 Å². The summed E-state index contributed by atoms with van der Waals surface area (Å²) in [7, 11) is 3.35. The van der Waals surface area contributed by atoms with Crippen molar-refractivity contribution in [2.24, 2.45) is 68.5 Å². The molecule has 0 aromatic heterocycles. The zero-order chi connectivity index (χ0) is 44.3. The van der Waals surface area contributed by atoms with Crippen LogP contribution >= 0.6 is 21.6 Å². The van der Waals surface area contributed by atoms with E-state index in [0.717, 1.165) is 30.4 Å². The van der Waals surface area contributed by atoms with Crippen molar-refractivity contribution in [3.63, 3.8) is 0 Å². The number of anilines is 1. The predicted octanol–water partition coefficient (Wildman–Crippen LogP) is 6.77. The third-order valence-electron chi connectivity index (χ3n) is 21.0. The summed E-state index contributed by atoms with van der Waals surface area (Å²) in [6.07, 6.45) is 11.3. The van der Waals surface area contributed by atoms with E-state index in [0.29, 0.717) is 87.4 Å². The second-order valence-electron chi connectivity index (χ2n) is 22.9. The number of carbonyl (C=O) groups is 2. The standard InChI is InChI=1S/C51H69NO9S2/c1-28(2)29(3)42-43(61-42)50(59)13-6-9-31-23-46-14-11-36-41(57)37(55)24-47(45(36,46)4)27-63-62-26-33-8-5-7-32(25-53)48(33)17-18-52(44(48)58)34-19-30(20-35(54)21-34)10-15-49(31)38(50)12-16-51(49,60)39(46)22-40(47)56/h6,9,19-22,28-29,31-33,36-38,41-43,53-55,57,59-60H,5,7-8,10-18,23-27H2,1-4H3. The first-order valence-electron chi connectivity index (χ1n) is 24.4. The Labute approximate surface area is 380 Å². The zero-order valence-corrected chi connectivity index (χ0v) is 39.1. The van der Waals surface area contributed by atoms with Crippen LogP contribution in [-0.2, 0) is 20.7 Å². The third-order valence-corrected chi connectivity index (χ3v) is 23.6. The molecule has 12 heteroatoms. The fraction of sp³-hybridized carbons (Fsp3) is 0.765. The Morgan fingerprint density at radius 3 is 2.54 bits per heavy atom. The lowest BCUT2D eigenvalue weighted by molar-refractivity contribution is -0.222. The van der Waals surface area contributed by atoms with Gasteiger partial charge in [-0.3, -0.25) is 9.59 Å². The smallest absolute Gasteiger partial charge is 0.233 e. The molecular formula is C51H69NO9S2. The largest absolute Gasteiger partial charge is 0.508 e. The minimum absolute atomic E-state index is 0.00981. The summed E-state index contributed by atoms with van der Waals surface area (Å²) < 4.78 is 6.53. The quantitative estimate of drug-likeness (QED) is 0.107. The van der Waals surface area contributed by atoms with Crippen molar-refractivity contribution in [3.05, 3.63) is 47.6 Å². The number of phenolic OH excluding ortho intramolecular Hbond substituents is 1. The summed E-state index contributed by atoms with van der Waals surface area (Å²) in [5.74, 6) is 0.626. The van der Waals surface area contributed by atoms with Gasteiger partial charge in [-0.15, -0.1) is 0 Å². The third kappa shape index (κ3) is 5.38. The maximum Gasteiger partial charge on any atom is 0.233 e. The number of allylic oxidation sites excluding steroid dienone is 2. The molecule has 13 rings (SSSR count). The Balaban J connectivity index is 1.10. The lowest BCUT2D eigenvalue weighted by atomic mass is 9.34. The van der Waals surface area contributed by atoms with E-state index in [1.807, 2.05) is 17.0 Å². The molecule has 10 nitrogen and oxygen atoms in total. The maximum absolute atomic E-state index is 15.6. The summed E-state index contributed by atoms with van der Waals surface area (Å²) in [6.45, 7) is 9.22. The molecule has 8 bridgehead atoms. The van der Waals surface area contributed by atoms with Crippen LogP contribution in [0.4, 0.5) is 5.69 Å². The average molecular weight is 904 g/mol. The molecule has 1 amide bonds. The van der Waals surface area contributed by atoms with Crippen LogP contribution in [0.2, 0.25) is 0 Å². The van der Waals surface area contributed by atoms with Gasteiger partial charge in [-0.1, -0.05) is 67.9 Å². The van der Waals surface area contributed by atoms with E-state index in [1.54, 1.807) is 33.7 Å². The molecule has 2 saturated heterocycles. The fourth-order valence-electron chi connectivity index (χ4n) is 17.6. The van der Waals surface area contributed by atoms with Crippen LogP contribution in [0.5, 0.6) is 5.75 Å². The molecule has 17 unspecified atom stereocenters. The van der Waals surface area contributed by atoms with E-state index in [9.17, 15) is 30.6 Å². The molecule has 63 heavy (non-hydrogen) atoms. The number of fused-ring (bicyclic) bond motifs is 1. The molecule has 1 aromatic carbocycles. The molecule has 0 radical (unpaired) electrons. The van der Waals surface area contributed by atoms with Gasteiger partial charge in [0.05, 0.1) is 34.7 Å². The molecule has 7 fully saturated rings. The molecule has 4 spiro atoms. The number of benzene rings is 1. The normalized spacial score (nSPS) is 50.3. The Bertz CT molecular complexity index is 2150. The highest BCUT2D eigenvalue weighted by Gasteiger charge is 2.83. The van der Waals surface area contributed by atoms with Gasteiger partial charge in [-0.25, -0.2) is 0 Å². The minimum Gasteiger partial charge on any atom is -0.508 e. The Hall–Kier alpha value is -1.90. The second-order valence-corrected chi connectivity index (χ2v) is 25.4. The van der Waals surface area contributed by atoms with Gasteiger partial charge in [0, 0.05) is 53.2 Å². The molecule has 12 aliphatic rings. The lowest BCUT2D eigenvalue weighted by Crippen LogP contribution is -2.73. The van der Waals surface area contributed by atoms with E-state index >= 15 is 9.59 Å². The van der Waals surface area contributed by atoms with Crippen molar-refractivity contribution < 1.29 is 45.0 Å². The summed E-state index contributed by atoms with van der Waals surface area (Å²) >= 11 is 0. The monoisotopic (exact) mass is 903 g/mol. The molecule has 5 aliphatic heterocycles. The number of ketones is 1. The van der Waals surface area contributed by atoms with Crippen molar-refractivity contribution in [1.29, 1.82) is 0 Å². The number of phenols is 1. The van der Waals surface area contributed by atoms with Crippen LogP contribution in [-0.4, -0.2) is 103 Å². The number of hydrogen-bond acceptors (Lipinski definition) is 11. The van der Waals surface area contributed by atoms with Crippen molar-refractivity contribution in [2.45, 2.75) is 147 Å². The first-order chi connectivity index (χ1) is 30.0. The van der Waals surface area contributed by atoms with Gasteiger partial charge in [0.15, 0.2) is 5.78 Å². The number of hydrogen-bond donors (Lipinski definition) is 6. The van der Waals surface area contributed by atoms with Gasteiger partial charge in [-0.2, -0.15) is 0 Å². The van der Waals surface area contributed by atoms with E-state index in [-0.39, 0.29) is 72.1 Å². The summed E-state index contributed by atoms with van der Waals surface area (Å²) in [5, 5.41) is 73.7. The molecular weight excluding hydrogens is 835 g/mol. The molecule has 5 saturated carbocycles. The van der Waals surface area contributed by atoms with Gasteiger partial charge >= 0.3 is 0 Å². The average Bonchev–Trinajstić information content (AvgIpc) is 3.83. The Kier molecular flexibility index (Phi) is 10.1. The SMILES string of the molecule is CC(C)C(C)C1OC1C1(O)CC=CC2CC34CCC5C(O)C(O)CC6(CSSCC7CCCC(CO)C78CCN(C8=O)c7cc(O)cc(c7)CCC27C1CCC7(O)C3=CC6=O)C54C. The zero-order valence-electron chi connectivity index (χ0n) is 37.5. The van der Waals surface area contributed by atoms with Gasteiger partial charge in [-0.05, 0) is 147 Å². The molecule has 344 valence electrons. The highest BCUT2D eigenvalue weighted by atomic mass is 33.1. The Morgan fingerprint density at radius 2 is 1.76 bits per heavy atom. The number of nitrogens with zero attached hydrogens (tertiary/aromatic N) is 1. The van der Waals surface area contributed by atoms with Crippen LogP contribution in [0.3, 0.4) is 0 Å². The number of aliphatic hydroxyl groups excluding tert-OH is 3. The molecule has 1 aromatic rings. The fourth-order valence-corrected chi connectivity index (χ4v) is 20.8. The van der Waals surface area contributed by atoms with E-state index in [4.69, 9.17) is 4.74 Å². The summed E-state index contributed by atoms with van der Waals surface area (Å²) in [5.41, 5.74) is -4.56. The van der Waals surface area contributed by atoms with Crippen LogP contribution in [0.25, 0.3) is 0 Å². The number of carbonyl (C=O) groups excluding carboxylic acids is 2. The van der Waals surface area contributed by atoms with Crippen molar-refractivity contribution in [3.8, 4) is 5.75 Å². The number of aryl methyl sites for hydroxylation is 1. The molecule has 6 N–H and O–H groups in total. The van der Waals surface area contributed by atoms with E-state index < -0.39 is 56.6 Å². The van der Waals surface area contributed by atoms with Gasteiger partial charge < -0.3 is 40.3 Å². The summed E-state index contributed by atoms with van der Waals surface area (Å²) in [4.78, 5) is 32.5. The van der Waals surface area contributed by atoms with Gasteiger partial charge in [0.1, 0.15) is 17.5 Å². The van der Waals surface area contributed by atoms with Gasteiger partial charge in [0.25, 0.3) is 0 Å². The van der Waals surface area contributed by atoms with Crippen LogP contribution in [0, 0.1) is 68.5 Å². The topological polar surface area (TPSA) is 171 Å². The summed E-state index contributed by atoms with van der Waals surface area (Å²) in [6, 6.07) is 5.49.